The van der Waals surface area contributed by atoms with Gasteiger partial charge >= 0.3 is 0 Å². The Morgan fingerprint density at radius 2 is 1.57 bits per heavy atom. The van der Waals surface area contributed by atoms with E-state index in [-0.39, 0.29) is 10.0 Å². The van der Waals surface area contributed by atoms with Crippen molar-refractivity contribution in [2.45, 2.75) is 13.0 Å². The van der Waals surface area contributed by atoms with Crippen LogP contribution in [-0.2, 0) is 0 Å². The van der Waals surface area contributed by atoms with Crippen LogP contribution in [0.1, 0.15) is 24.1 Å². The fourth-order valence-electron chi connectivity index (χ4n) is 2.09. The molecule has 0 amide bonds. The number of rotatable bonds is 4. The van der Waals surface area contributed by atoms with Gasteiger partial charge in [-0.2, -0.15) is 0 Å². The normalized spacial score (nSPS) is 12.5. The average Bonchev–Trinajstić information content (AvgIpc) is 2.41. The van der Waals surface area contributed by atoms with E-state index >= 15 is 0 Å². The van der Waals surface area contributed by atoms with Gasteiger partial charge in [0, 0.05) is 10.0 Å². The molecule has 0 aromatic heterocycles. The molecule has 6 heteroatoms. The van der Waals surface area contributed by atoms with Crippen molar-refractivity contribution in [3.63, 3.8) is 0 Å². The fourth-order valence-corrected chi connectivity index (χ4v) is 2.62. The molecule has 0 aliphatic heterocycles. The molecule has 0 bridgehead atoms. The first-order valence-electron chi connectivity index (χ1n) is 6.26. The number of benzene rings is 2. The molecular formula is C15H12Cl2F3N. The molecule has 1 nitrogen and oxygen atoms in total. The van der Waals surface area contributed by atoms with Gasteiger partial charge in [-0.3, -0.25) is 0 Å². The molecule has 2 rings (SSSR count). The van der Waals surface area contributed by atoms with E-state index in [4.69, 9.17) is 23.2 Å². The van der Waals surface area contributed by atoms with Gasteiger partial charge in [-0.05, 0) is 41.9 Å². The highest BCUT2D eigenvalue weighted by atomic mass is 35.5. The van der Waals surface area contributed by atoms with E-state index < -0.39 is 23.5 Å². The predicted molar refractivity (Wildman–Crippen MR) is 78.3 cm³/mol. The standard InChI is InChI=1S/C15H12Cl2F3N/c1-2-21-15(9-4-3-8(18)5-11(9)16)10-6-13(19)14(20)7-12(10)17/h3-7,15,21H,2H2,1H3. The summed E-state index contributed by atoms with van der Waals surface area (Å²) in [7, 11) is 0. The number of hydrogen-bond acceptors (Lipinski definition) is 1. The lowest BCUT2D eigenvalue weighted by molar-refractivity contribution is 0.504. The lowest BCUT2D eigenvalue weighted by Crippen LogP contribution is -2.23. The summed E-state index contributed by atoms with van der Waals surface area (Å²) < 4.78 is 39.8. The van der Waals surface area contributed by atoms with Crippen molar-refractivity contribution in [1.29, 1.82) is 0 Å². The number of hydrogen-bond donors (Lipinski definition) is 1. The summed E-state index contributed by atoms with van der Waals surface area (Å²) in [6, 6.07) is 5.26. The molecule has 1 atom stereocenters. The van der Waals surface area contributed by atoms with E-state index in [9.17, 15) is 13.2 Å². The van der Waals surface area contributed by atoms with Gasteiger partial charge in [0.1, 0.15) is 5.82 Å². The Morgan fingerprint density at radius 1 is 0.952 bits per heavy atom. The molecule has 2 aromatic carbocycles. The number of halogens is 5. The number of nitrogens with one attached hydrogen (secondary N) is 1. The van der Waals surface area contributed by atoms with Crippen LogP contribution in [0.3, 0.4) is 0 Å². The van der Waals surface area contributed by atoms with E-state index in [1.54, 1.807) is 0 Å². The molecule has 0 heterocycles. The maximum absolute atomic E-state index is 13.5. The maximum atomic E-state index is 13.5. The van der Waals surface area contributed by atoms with Gasteiger partial charge in [-0.25, -0.2) is 13.2 Å². The molecule has 1 unspecified atom stereocenters. The minimum Gasteiger partial charge on any atom is -0.306 e. The molecule has 2 aromatic rings. The van der Waals surface area contributed by atoms with Crippen molar-refractivity contribution in [2.75, 3.05) is 6.54 Å². The lowest BCUT2D eigenvalue weighted by atomic mass is 9.98. The summed E-state index contributed by atoms with van der Waals surface area (Å²) in [5.74, 6) is -2.50. The molecule has 0 saturated carbocycles. The van der Waals surface area contributed by atoms with Crippen LogP contribution >= 0.6 is 23.2 Å². The molecule has 0 fully saturated rings. The van der Waals surface area contributed by atoms with Crippen LogP contribution in [0.25, 0.3) is 0 Å². The van der Waals surface area contributed by atoms with Crippen LogP contribution in [0.15, 0.2) is 30.3 Å². The smallest absolute Gasteiger partial charge is 0.160 e. The van der Waals surface area contributed by atoms with Gasteiger partial charge in [-0.1, -0.05) is 36.2 Å². The minimum absolute atomic E-state index is 0.0697. The molecule has 112 valence electrons. The Morgan fingerprint density at radius 3 is 2.19 bits per heavy atom. The fraction of sp³-hybridized carbons (Fsp3) is 0.200. The summed E-state index contributed by atoms with van der Waals surface area (Å²) in [5, 5.41) is 3.33. The first kappa shape index (κ1) is 16.1. The summed E-state index contributed by atoms with van der Waals surface area (Å²) in [6.45, 7) is 2.38. The quantitative estimate of drug-likeness (QED) is 0.766. The van der Waals surface area contributed by atoms with Gasteiger partial charge in [-0.15, -0.1) is 0 Å². The molecule has 21 heavy (non-hydrogen) atoms. The van der Waals surface area contributed by atoms with Crippen LogP contribution in [0.4, 0.5) is 13.2 Å². The zero-order chi connectivity index (χ0) is 15.6. The van der Waals surface area contributed by atoms with E-state index in [2.05, 4.69) is 5.32 Å². The Balaban J connectivity index is 2.55. The first-order valence-corrected chi connectivity index (χ1v) is 7.02. The molecule has 0 aliphatic carbocycles. The largest absolute Gasteiger partial charge is 0.306 e. The zero-order valence-electron chi connectivity index (χ0n) is 11.1. The second-order valence-electron chi connectivity index (χ2n) is 4.44. The predicted octanol–water partition coefficient (Wildman–Crippen LogP) is 5.11. The third-order valence-electron chi connectivity index (χ3n) is 3.03. The second-order valence-corrected chi connectivity index (χ2v) is 5.26. The van der Waals surface area contributed by atoms with Crippen molar-refractivity contribution in [1.82, 2.24) is 5.32 Å². The summed E-state index contributed by atoms with van der Waals surface area (Å²) in [6.07, 6.45) is 0. The van der Waals surface area contributed by atoms with E-state index in [0.29, 0.717) is 17.7 Å². The van der Waals surface area contributed by atoms with Crippen molar-refractivity contribution in [3.8, 4) is 0 Å². The third-order valence-corrected chi connectivity index (χ3v) is 3.69. The highest BCUT2D eigenvalue weighted by Gasteiger charge is 2.21. The summed E-state index contributed by atoms with van der Waals surface area (Å²) in [5.41, 5.74) is 0.874. The van der Waals surface area contributed by atoms with E-state index in [0.717, 1.165) is 18.2 Å². The lowest BCUT2D eigenvalue weighted by Gasteiger charge is -2.21. The molecule has 0 aliphatic rings. The zero-order valence-corrected chi connectivity index (χ0v) is 12.6. The van der Waals surface area contributed by atoms with E-state index in [1.807, 2.05) is 6.92 Å². The van der Waals surface area contributed by atoms with E-state index in [1.165, 1.54) is 12.1 Å². The van der Waals surface area contributed by atoms with Gasteiger partial charge < -0.3 is 5.32 Å². The Hall–Kier alpha value is -1.23. The maximum Gasteiger partial charge on any atom is 0.160 e. The van der Waals surface area contributed by atoms with Crippen molar-refractivity contribution >= 4 is 23.2 Å². The van der Waals surface area contributed by atoms with Crippen LogP contribution in [-0.4, -0.2) is 6.54 Å². The molecule has 0 spiro atoms. The van der Waals surface area contributed by atoms with Crippen LogP contribution in [0.2, 0.25) is 10.0 Å². The average molecular weight is 334 g/mol. The van der Waals surface area contributed by atoms with Crippen molar-refractivity contribution in [2.24, 2.45) is 0 Å². The van der Waals surface area contributed by atoms with Gasteiger partial charge in [0.15, 0.2) is 11.6 Å². The van der Waals surface area contributed by atoms with Gasteiger partial charge in [0.2, 0.25) is 0 Å². The molecular weight excluding hydrogens is 322 g/mol. The van der Waals surface area contributed by atoms with Crippen molar-refractivity contribution < 1.29 is 13.2 Å². The van der Waals surface area contributed by atoms with Crippen molar-refractivity contribution in [3.05, 3.63) is 69.0 Å². The van der Waals surface area contributed by atoms with Crippen LogP contribution in [0, 0.1) is 17.5 Å². The first-order chi connectivity index (χ1) is 9.93. The van der Waals surface area contributed by atoms with Gasteiger partial charge in [0.25, 0.3) is 0 Å². The molecule has 0 saturated heterocycles. The molecule has 1 N–H and O–H groups in total. The van der Waals surface area contributed by atoms with Gasteiger partial charge in [0.05, 0.1) is 6.04 Å². The van der Waals surface area contributed by atoms with Crippen LogP contribution in [0.5, 0.6) is 0 Å². The molecule has 0 radical (unpaired) electrons. The summed E-state index contributed by atoms with van der Waals surface area (Å²) >= 11 is 12.0. The Bertz CT molecular complexity index is 662. The highest BCUT2D eigenvalue weighted by molar-refractivity contribution is 6.32. The topological polar surface area (TPSA) is 12.0 Å². The second kappa shape index (κ2) is 6.69. The minimum atomic E-state index is -1.02. The highest BCUT2D eigenvalue weighted by Crippen LogP contribution is 2.33. The third kappa shape index (κ3) is 3.51. The Kier molecular flexibility index (Phi) is 5.14. The van der Waals surface area contributed by atoms with Crippen LogP contribution < -0.4 is 5.32 Å². The Labute approximate surface area is 130 Å². The SMILES string of the molecule is CCNC(c1ccc(F)cc1Cl)c1cc(F)c(F)cc1Cl. The summed E-state index contributed by atoms with van der Waals surface area (Å²) in [4.78, 5) is 0. The monoisotopic (exact) mass is 333 g/mol.